The molecule has 3 heterocycles. The van der Waals surface area contributed by atoms with Crippen molar-refractivity contribution in [3.63, 3.8) is 0 Å². The number of benzene rings is 1. The second-order valence-electron chi connectivity index (χ2n) is 7.21. The molecular weight excluding hydrogens is 395 g/mol. The Hall–Kier alpha value is -3.81. The molecule has 0 atom stereocenters. The fourth-order valence-electron chi connectivity index (χ4n) is 3.24. The van der Waals surface area contributed by atoms with Crippen LogP contribution in [0.15, 0.2) is 55.0 Å². The molecule has 0 aliphatic carbocycles. The molecule has 0 unspecified atom stereocenters. The predicted octanol–water partition coefficient (Wildman–Crippen LogP) is 4.14. The molecule has 1 N–H and O–H groups in total. The van der Waals surface area contributed by atoms with E-state index in [1.807, 2.05) is 42.8 Å². The summed E-state index contributed by atoms with van der Waals surface area (Å²) in [5.41, 5.74) is 5.06. The summed E-state index contributed by atoms with van der Waals surface area (Å²) in [6, 6.07) is 12.3. The molecule has 4 aromatic rings. The molecule has 0 bridgehead atoms. The average molecular weight is 418 g/mol. The van der Waals surface area contributed by atoms with Crippen LogP contribution in [0.1, 0.15) is 16.8 Å². The van der Waals surface area contributed by atoms with Crippen molar-refractivity contribution in [3.8, 4) is 23.0 Å². The third kappa shape index (κ3) is 4.69. The number of nitrogens with one attached hydrogen (secondary N) is 1. The van der Waals surface area contributed by atoms with Crippen LogP contribution in [0.5, 0.6) is 5.88 Å². The van der Waals surface area contributed by atoms with Gasteiger partial charge in [0.25, 0.3) is 0 Å². The summed E-state index contributed by atoms with van der Waals surface area (Å²) < 4.78 is 20.4. The van der Waals surface area contributed by atoms with Gasteiger partial charge in [0.1, 0.15) is 17.2 Å². The van der Waals surface area contributed by atoms with Gasteiger partial charge >= 0.3 is 0 Å². The molecule has 0 aliphatic rings. The van der Waals surface area contributed by atoms with Gasteiger partial charge in [0.05, 0.1) is 24.8 Å². The van der Waals surface area contributed by atoms with Crippen LogP contribution in [0.25, 0.3) is 17.1 Å². The molecule has 158 valence electrons. The molecule has 0 saturated heterocycles. The zero-order valence-electron chi connectivity index (χ0n) is 17.6. The minimum absolute atomic E-state index is 0.229. The Morgan fingerprint density at radius 3 is 2.52 bits per heavy atom. The smallest absolute Gasteiger partial charge is 0.238 e. The number of aryl methyl sites for hydroxylation is 2. The zero-order chi connectivity index (χ0) is 21.8. The molecule has 1 aromatic carbocycles. The lowest BCUT2D eigenvalue weighted by Gasteiger charge is -2.11. The van der Waals surface area contributed by atoms with Gasteiger partial charge in [-0.2, -0.15) is 0 Å². The summed E-state index contributed by atoms with van der Waals surface area (Å²) in [4.78, 5) is 8.85. The van der Waals surface area contributed by atoms with E-state index in [2.05, 4.69) is 25.5 Å². The highest BCUT2D eigenvalue weighted by Gasteiger charge is 2.12. The highest BCUT2D eigenvalue weighted by molar-refractivity contribution is 5.61. The first-order chi connectivity index (χ1) is 15.0. The Kier molecular flexibility index (Phi) is 5.88. The predicted molar refractivity (Wildman–Crippen MR) is 117 cm³/mol. The van der Waals surface area contributed by atoms with Crippen LogP contribution in [0.2, 0.25) is 0 Å². The largest absolute Gasteiger partial charge is 0.479 e. The third-order valence-electron chi connectivity index (χ3n) is 4.89. The van der Waals surface area contributed by atoms with Gasteiger partial charge in [-0.15, -0.1) is 10.2 Å². The maximum Gasteiger partial charge on any atom is 0.238 e. The summed E-state index contributed by atoms with van der Waals surface area (Å²) in [5.74, 6) is 0.964. The summed E-state index contributed by atoms with van der Waals surface area (Å²) in [6.07, 6.45) is 4.40. The number of hydrogen-bond donors (Lipinski definition) is 1. The van der Waals surface area contributed by atoms with Crippen LogP contribution in [0.4, 0.5) is 10.2 Å². The Labute approximate surface area is 180 Å². The van der Waals surface area contributed by atoms with Crippen LogP contribution in [0, 0.1) is 19.7 Å². The molecule has 4 rings (SSSR count). The topological polar surface area (TPSA) is 77.8 Å². The van der Waals surface area contributed by atoms with Gasteiger partial charge in [0.2, 0.25) is 5.88 Å². The van der Waals surface area contributed by atoms with E-state index in [1.165, 1.54) is 12.1 Å². The molecule has 31 heavy (non-hydrogen) atoms. The summed E-state index contributed by atoms with van der Waals surface area (Å²) >= 11 is 0. The Balaban J connectivity index is 1.48. The summed E-state index contributed by atoms with van der Waals surface area (Å²) in [7, 11) is 1.59. The van der Waals surface area contributed by atoms with Crippen LogP contribution >= 0.6 is 0 Å². The second-order valence-corrected chi connectivity index (χ2v) is 7.21. The first kappa shape index (κ1) is 20.5. The van der Waals surface area contributed by atoms with Crippen molar-refractivity contribution in [1.82, 2.24) is 24.7 Å². The highest BCUT2D eigenvalue weighted by atomic mass is 19.1. The van der Waals surface area contributed by atoms with Crippen molar-refractivity contribution in [2.75, 3.05) is 19.0 Å². The number of nitrogens with zero attached hydrogens (tertiary/aromatic N) is 5. The monoisotopic (exact) mass is 418 g/mol. The van der Waals surface area contributed by atoms with E-state index in [0.717, 1.165) is 28.9 Å². The van der Waals surface area contributed by atoms with Gasteiger partial charge in [0, 0.05) is 12.7 Å². The quantitative estimate of drug-likeness (QED) is 0.486. The molecule has 3 aromatic heterocycles. The van der Waals surface area contributed by atoms with E-state index >= 15 is 0 Å². The van der Waals surface area contributed by atoms with Gasteiger partial charge in [0.15, 0.2) is 5.82 Å². The number of ether oxygens (including phenoxy) is 1. The average Bonchev–Trinajstić information content (AvgIpc) is 3.21. The minimum atomic E-state index is -0.229. The SMILES string of the molecule is COc1nc(-c2cc(C)c(NCCc3ccc(F)cc3)nn2)ccc1-n1cnc(C)c1. The maximum absolute atomic E-state index is 13.0. The first-order valence-corrected chi connectivity index (χ1v) is 9.92. The van der Waals surface area contributed by atoms with Crippen molar-refractivity contribution in [2.24, 2.45) is 0 Å². The molecule has 0 fully saturated rings. The molecule has 0 spiro atoms. The van der Waals surface area contributed by atoms with Crippen LogP contribution in [-0.4, -0.2) is 38.4 Å². The fraction of sp³-hybridized carbons (Fsp3) is 0.217. The molecule has 0 aliphatic heterocycles. The maximum atomic E-state index is 13.0. The van der Waals surface area contributed by atoms with E-state index in [-0.39, 0.29) is 5.82 Å². The zero-order valence-corrected chi connectivity index (χ0v) is 17.6. The van der Waals surface area contributed by atoms with Crippen LogP contribution < -0.4 is 10.1 Å². The van der Waals surface area contributed by atoms with Gasteiger partial charge in [-0.1, -0.05) is 12.1 Å². The Bertz CT molecular complexity index is 1190. The van der Waals surface area contributed by atoms with E-state index < -0.39 is 0 Å². The number of imidazole rings is 1. The lowest BCUT2D eigenvalue weighted by molar-refractivity contribution is 0.396. The Morgan fingerprint density at radius 1 is 1.03 bits per heavy atom. The number of rotatable bonds is 7. The van der Waals surface area contributed by atoms with E-state index in [1.54, 1.807) is 25.6 Å². The molecule has 0 saturated carbocycles. The van der Waals surface area contributed by atoms with Gasteiger partial charge in [-0.05, 0) is 61.7 Å². The lowest BCUT2D eigenvalue weighted by atomic mass is 10.1. The number of pyridine rings is 1. The number of halogens is 1. The molecular formula is C23H23FN6O. The van der Waals surface area contributed by atoms with Crippen molar-refractivity contribution >= 4 is 5.82 Å². The number of hydrogen-bond acceptors (Lipinski definition) is 6. The minimum Gasteiger partial charge on any atom is -0.479 e. The molecule has 0 amide bonds. The number of anilines is 1. The van der Waals surface area contributed by atoms with Crippen LogP contribution in [0.3, 0.4) is 0 Å². The molecule has 8 heteroatoms. The second kappa shape index (κ2) is 8.91. The van der Waals surface area contributed by atoms with E-state index in [4.69, 9.17) is 4.74 Å². The highest BCUT2D eigenvalue weighted by Crippen LogP contribution is 2.26. The van der Waals surface area contributed by atoms with Crippen molar-refractivity contribution in [3.05, 3.63) is 77.6 Å². The normalized spacial score (nSPS) is 10.8. The van der Waals surface area contributed by atoms with Crippen molar-refractivity contribution < 1.29 is 9.13 Å². The fourth-order valence-corrected chi connectivity index (χ4v) is 3.24. The van der Waals surface area contributed by atoms with E-state index in [0.29, 0.717) is 29.6 Å². The van der Waals surface area contributed by atoms with Gasteiger partial charge in [-0.3, -0.25) is 0 Å². The van der Waals surface area contributed by atoms with E-state index in [9.17, 15) is 4.39 Å². The molecule has 7 nitrogen and oxygen atoms in total. The summed E-state index contributed by atoms with van der Waals surface area (Å²) in [6.45, 7) is 4.57. The summed E-state index contributed by atoms with van der Waals surface area (Å²) in [5, 5.41) is 11.9. The first-order valence-electron chi connectivity index (χ1n) is 9.92. The standard InChI is InChI=1S/C23H23FN6O/c1-15-12-20(28-29-22(15)25-11-10-17-4-6-18(24)7-5-17)19-8-9-21(23(27-19)31-3)30-13-16(2)26-14-30/h4-9,12-14H,10-11H2,1-3H3,(H,25,29). The van der Waals surface area contributed by atoms with Gasteiger partial charge < -0.3 is 14.6 Å². The number of aromatic nitrogens is 5. The van der Waals surface area contributed by atoms with Crippen molar-refractivity contribution in [2.45, 2.75) is 20.3 Å². The number of methoxy groups -OCH3 is 1. The Morgan fingerprint density at radius 2 is 1.84 bits per heavy atom. The molecule has 0 radical (unpaired) electrons. The van der Waals surface area contributed by atoms with Crippen molar-refractivity contribution in [1.29, 1.82) is 0 Å². The third-order valence-corrected chi connectivity index (χ3v) is 4.89. The lowest BCUT2D eigenvalue weighted by Crippen LogP contribution is -2.09. The van der Waals surface area contributed by atoms with Gasteiger partial charge in [-0.25, -0.2) is 14.4 Å². The van der Waals surface area contributed by atoms with Crippen LogP contribution in [-0.2, 0) is 6.42 Å².